The number of benzene rings is 1. The number of ether oxygens (including phenoxy) is 3. The molecule has 0 saturated carbocycles. The predicted octanol–water partition coefficient (Wildman–Crippen LogP) is 2.45. The smallest absolute Gasteiger partial charge is 0.191 e. The molecule has 0 aliphatic carbocycles. The van der Waals surface area contributed by atoms with Crippen LogP contribution in [0.4, 0.5) is 0 Å². The maximum Gasteiger partial charge on any atom is 0.191 e. The number of methoxy groups -OCH3 is 2. The number of nitrogens with one attached hydrogen (secondary N) is 2. The van der Waals surface area contributed by atoms with E-state index < -0.39 is 0 Å². The fraction of sp³-hybridized carbons (Fsp3) is 0.609. The molecule has 1 aliphatic rings. The quantitative estimate of drug-likeness (QED) is 0.346. The van der Waals surface area contributed by atoms with E-state index in [1.165, 1.54) is 0 Å². The highest BCUT2D eigenvalue weighted by molar-refractivity contribution is 5.79. The third-order valence-corrected chi connectivity index (χ3v) is 5.43. The van der Waals surface area contributed by atoms with Gasteiger partial charge in [0.15, 0.2) is 17.5 Å². The summed E-state index contributed by atoms with van der Waals surface area (Å²) < 4.78 is 16.5. The average molecular weight is 419 g/mol. The molecule has 7 heteroatoms. The molecule has 2 N–H and O–H groups in total. The molecule has 1 saturated heterocycles. The van der Waals surface area contributed by atoms with Gasteiger partial charge in [0.05, 0.1) is 27.4 Å². The predicted molar refractivity (Wildman–Crippen MR) is 123 cm³/mol. The zero-order chi connectivity index (χ0) is 21.9. The van der Waals surface area contributed by atoms with Crippen molar-refractivity contribution < 1.29 is 14.2 Å². The first kappa shape index (κ1) is 24.0. The summed E-state index contributed by atoms with van der Waals surface area (Å²) in [5.41, 5.74) is 2.15. The minimum Gasteiger partial charge on any atom is -0.493 e. The molecule has 168 valence electrons. The van der Waals surface area contributed by atoms with Crippen LogP contribution >= 0.6 is 0 Å². The Kier molecular flexibility index (Phi) is 9.97. The first-order valence-corrected chi connectivity index (χ1v) is 10.6. The molecule has 0 aromatic heterocycles. The van der Waals surface area contributed by atoms with Gasteiger partial charge in [0.2, 0.25) is 0 Å². The fourth-order valence-electron chi connectivity index (χ4n) is 3.82. The summed E-state index contributed by atoms with van der Waals surface area (Å²) in [5, 5.41) is 6.91. The molecule has 7 nitrogen and oxygen atoms in total. The van der Waals surface area contributed by atoms with E-state index in [4.69, 9.17) is 14.2 Å². The SMILES string of the molecule is C=CCc1cc(CNC(=NC)NCC(C(C)C)N2CCOCC2)cc(OC)c1OC. The second-order valence-corrected chi connectivity index (χ2v) is 7.75. The van der Waals surface area contributed by atoms with E-state index in [0.29, 0.717) is 18.5 Å². The third-order valence-electron chi connectivity index (χ3n) is 5.43. The Morgan fingerprint density at radius 3 is 2.53 bits per heavy atom. The average Bonchev–Trinajstić information content (AvgIpc) is 2.76. The number of morpholine rings is 1. The second kappa shape index (κ2) is 12.4. The van der Waals surface area contributed by atoms with E-state index in [2.05, 4.69) is 47.0 Å². The molecule has 1 heterocycles. The highest BCUT2D eigenvalue weighted by Crippen LogP contribution is 2.33. The van der Waals surface area contributed by atoms with Gasteiger partial charge >= 0.3 is 0 Å². The summed E-state index contributed by atoms with van der Waals surface area (Å²) in [6.45, 7) is 13.4. The molecule has 30 heavy (non-hydrogen) atoms. The van der Waals surface area contributed by atoms with Crippen LogP contribution in [-0.4, -0.2) is 71.0 Å². The third kappa shape index (κ3) is 6.64. The lowest BCUT2D eigenvalue weighted by atomic mass is 10.0. The van der Waals surface area contributed by atoms with Crippen LogP contribution in [0.25, 0.3) is 0 Å². The standard InChI is InChI=1S/C23H38N4O3/c1-7-8-19-13-18(14-21(28-5)22(19)29-6)15-25-23(24-4)26-16-20(17(2)3)27-9-11-30-12-10-27/h7,13-14,17,20H,1,8-12,15-16H2,2-6H3,(H2,24,25,26). The Labute approximate surface area is 181 Å². The highest BCUT2D eigenvalue weighted by atomic mass is 16.5. The van der Waals surface area contributed by atoms with Gasteiger partial charge in [-0.15, -0.1) is 6.58 Å². The van der Waals surface area contributed by atoms with E-state index in [9.17, 15) is 0 Å². The van der Waals surface area contributed by atoms with Crippen molar-refractivity contribution in [2.45, 2.75) is 32.9 Å². The van der Waals surface area contributed by atoms with Crippen molar-refractivity contribution in [3.05, 3.63) is 35.9 Å². The van der Waals surface area contributed by atoms with Crippen molar-refractivity contribution in [2.24, 2.45) is 10.9 Å². The van der Waals surface area contributed by atoms with Crippen LogP contribution < -0.4 is 20.1 Å². The summed E-state index contributed by atoms with van der Waals surface area (Å²) in [6.07, 6.45) is 2.59. The summed E-state index contributed by atoms with van der Waals surface area (Å²) in [6, 6.07) is 4.55. The van der Waals surface area contributed by atoms with Gasteiger partial charge in [-0.05, 0) is 30.0 Å². The fourth-order valence-corrected chi connectivity index (χ4v) is 3.82. The van der Waals surface area contributed by atoms with Gasteiger partial charge in [0.25, 0.3) is 0 Å². The number of aliphatic imine (C=N–C) groups is 1. The number of rotatable bonds is 10. The summed E-state index contributed by atoms with van der Waals surface area (Å²) >= 11 is 0. The molecule has 0 amide bonds. The van der Waals surface area contributed by atoms with E-state index >= 15 is 0 Å². The number of hydrogen-bond donors (Lipinski definition) is 2. The van der Waals surface area contributed by atoms with Gasteiger partial charge in [-0.25, -0.2) is 0 Å². The van der Waals surface area contributed by atoms with Crippen molar-refractivity contribution >= 4 is 5.96 Å². The molecule has 0 spiro atoms. The Bertz CT molecular complexity index is 700. The second-order valence-electron chi connectivity index (χ2n) is 7.75. The van der Waals surface area contributed by atoms with Crippen LogP contribution in [0.15, 0.2) is 29.8 Å². The Balaban J connectivity index is 2.00. The van der Waals surface area contributed by atoms with Crippen LogP contribution in [0.2, 0.25) is 0 Å². The summed E-state index contributed by atoms with van der Waals surface area (Å²) in [5.74, 6) is 2.81. The molecule has 0 radical (unpaired) electrons. The van der Waals surface area contributed by atoms with Crippen LogP contribution in [0.1, 0.15) is 25.0 Å². The van der Waals surface area contributed by atoms with E-state index in [-0.39, 0.29) is 0 Å². The van der Waals surface area contributed by atoms with E-state index in [0.717, 1.165) is 67.9 Å². The number of guanidine groups is 1. The zero-order valence-electron chi connectivity index (χ0n) is 19.2. The summed E-state index contributed by atoms with van der Waals surface area (Å²) in [7, 11) is 5.12. The first-order chi connectivity index (χ1) is 14.5. The largest absolute Gasteiger partial charge is 0.493 e. The van der Waals surface area contributed by atoms with E-state index in [1.54, 1.807) is 21.3 Å². The van der Waals surface area contributed by atoms with Gasteiger partial charge in [0.1, 0.15) is 0 Å². The monoisotopic (exact) mass is 418 g/mol. The Morgan fingerprint density at radius 2 is 1.97 bits per heavy atom. The van der Waals surface area contributed by atoms with Gasteiger partial charge in [-0.3, -0.25) is 9.89 Å². The lowest BCUT2D eigenvalue weighted by Crippen LogP contribution is -2.52. The molecule has 1 unspecified atom stereocenters. The van der Waals surface area contributed by atoms with Crippen LogP contribution in [-0.2, 0) is 17.7 Å². The number of nitrogens with zero attached hydrogens (tertiary/aromatic N) is 2. The lowest BCUT2D eigenvalue weighted by Gasteiger charge is -2.37. The molecule has 2 rings (SSSR count). The Hall–Kier alpha value is -2.25. The maximum atomic E-state index is 5.52. The van der Waals surface area contributed by atoms with Crippen LogP contribution in [0.3, 0.4) is 0 Å². The van der Waals surface area contributed by atoms with Crippen molar-refractivity contribution in [3.63, 3.8) is 0 Å². The number of allylic oxidation sites excluding steroid dienone is 1. The van der Waals surface area contributed by atoms with Crippen LogP contribution in [0.5, 0.6) is 11.5 Å². The van der Waals surface area contributed by atoms with Crippen LogP contribution in [0, 0.1) is 5.92 Å². The van der Waals surface area contributed by atoms with Gasteiger partial charge in [-0.1, -0.05) is 19.9 Å². The highest BCUT2D eigenvalue weighted by Gasteiger charge is 2.24. The topological polar surface area (TPSA) is 67.4 Å². The van der Waals surface area contributed by atoms with Gasteiger partial charge in [-0.2, -0.15) is 0 Å². The van der Waals surface area contributed by atoms with Crippen molar-refractivity contribution in [3.8, 4) is 11.5 Å². The van der Waals surface area contributed by atoms with Crippen molar-refractivity contribution in [2.75, 3.05) is 54.1 Å². The minimum absolute atomic E-state index is 0.438. The molecule has 1 atom stereocenters. The molecule has 1 fully saturated rings. The summed E-state index contributed by atoms with van der Waals surface area (Å²) in [4.78, 5) is 6.90. The Morgan fingerprint density at radius 1 is 1.23 bits per heavy atom. The van der Waals surface area contributed by atoms with Gasteiger partial charge in [0, 0.05) is 44.8 Å². The maximum absolute atomic E-state index is 5.52. The zero-order valence-corrected chi connectivity index (χ0v) is 19.2. The van der Waals surface area contributed by atoms with Gasteiger partial charge < -0.3 is 24.8 Å². The lowest BCUT2D eigenvalue weighted by molar-refractivity contribution is 0.00752. The molecular weight excluding hydrogens is 380 g/mol. The minimum atomic E-state index is 0.438. The first-order valence-electron chi connectivity index (χ1n) is 10.6. The molecule has 1 aromatic rings. The molecular formula is C23H38N4O3. The van der Waals surface area contributed by atoms with Crippen molar-refractivity contribution in [1.29, 1.82) is 0 Å². The van der Waals surface area contributed by atoms with E-state index in [1.807, 2.05) is 12.1 Å². The molecule has 0 bridgehead atoms. The molecule has 1 aromatic carbocycles. The number of hydrogen-bond acceptors (Lipinski definition) is 5. The molecule has 1 aliphatic heterocycles. The van der Waals surface area contributed by atoms with Crippen molar-refractivity contribution in [1.82, 2.24) is 15.5 Å². The normalized spacial score (nSPS) is 16.3.